The van der Waals surface area contributed by atoms with E-state index in [-0.39, 0.29) is 17.7 Å². The number of likely N-dealkylation sites (tertiary alicyclic amines) is 1. The largest absolute Gasteiger partial charge is 0.467 e. The van der Waals surface area contributed by atoms with Gasteiger partial charge in [0.05, 0.1) is 7.11 Å². The Kier molecular flexibility index (Phi) is 12.1. The van der Waals surface area contributed by atoms with Crippen LogP contribution in [0.5, 0.6) is 0 Å². The Bertz CT molecular complexity index is 684. The molecule has 1 saturated heterocycles. The zero-order chi connectivity index (χ0) is 21.6. The predicted octanol–water partition coefficient (Wildman–Crippen LogP) is 2.93. The van der Waals surface area contributed by atoms with E-state index in [9.17, 15) is 14.4 Å². The molecule has 9 nitrogen and oxygen atoms in total. The third-order valence-electron chi connectivity index (χ3n) is 4.86. The highest BCUT2D eigenvalue weighted by molar-refractivity contribution is 14.1. The number of hydrogen-bond donors (Lipinski definition) is 1. The summed E-state index contributed by atoms with van der Waals surface area (Å²) in [6.45, 7) is 2.51. The Labute approximate surface area is 185 Å². The molecule has 0 unspecified atom stereocenters. The van der Waals surface area contributed by atoms with Gasteiger partial charge in [-0.05, 0) is 48.0 Å². The second-order valence-electron chi connectivity index (χ2n) is 7.00. The van der Waals surface area contributed by atoms with Crippen LogP contribution >= 0.6 is 22.6 Å². The van der Waals surface area contributed by atoms with E-state index in [1.807, 2.05) is 22.6 Å². The van der Waals surface area contributed by atoms with Gasteiger partial charge in [-0.2, -0.15) is 0 Å². The minimum Gasteiger partial charge on any atom is -0.467 e. The van der Waals surface area contributed by atoms with Crippen LogP contribution in [-0.2, 0) is 19.1 Å². The topological polar surface area (TPSA) is 124 Å². The highest BCUT2D eigenvalue weighted by Crippen LogP contribution is 2.28. The number of esters is 1. The fraction of sp³-hybridized carbons (Fsp3) is 0.737. The Balaban J connectivity index is 2.55. The van der Waals surface area contributed by atoms with Crippen LogP contribution in [0.15, 0.2) is 5.11 Å². The number of carbonyl (C=O) groups excluding carboxylic acids is 3. The lowest BCUT2D eigenvalue weighted by molar-refractivity contribution is -0.151. The van der Waals surface area contributed by atoms with Crippen molar-refractivity contribution in [3.05, 3.63) is 10.4 Å². The van der Waals surface area contributed by atoms with Gasteiger partial charge in [0.15, 0.2) is 0 Å². The first-order valence-corrected chi connectivity index (χ1v) is 10.8. The number of unbranched alkanes of at least 4 members (excludes halogenated alkanes) is 2. The molecule has 0 aromatic heterocycles. The molecule has 1 heterocycles. The van der Waals surface area contributed by atoms with Crippen molar-refractivity contribution < 1.29 is 19.1 Å². The normalized spacial score (nSPS) is 18.8. The van der Waals surface area contributed by atoms with E-state index in [1.54, 1.807) is 6.92 Å². The standard InChI is InChI=1S/C19H28IN5O4/c1-14(23-17(26)9-4-3-7-11-22-24-21)18(27)25-13-15(8-5-6-10-20)12-16(25)19(28)29-2/h14-16H,3-5,7-9,11-13H2,1-2H3,(H,23,26)/t14-,15+,16-/m0/s1. The van der Waals surface area contributed by atoms with Crippen LogP contribution in [0.25, 0.3) is 10.4 Å². The van der Waals surface area contributed by atoms with Gasteiger partial charge >= 0.3 is 5.97 Å². The van der Waals surface area contributed by atoms with Crippen molar-refractivity contribution >= 4 is 40.4 Å². The molecular weight excluding hydrogens is 489 g/mol. The Morgan fingerprint density at radius 2 is 2.14 bits per heavy atom. The molecule has 2 amide bonds. The molecule has 0 aromatic rings. The molecule has 1 N–H and O–H groups in total. The Hall–Kier alpha value is -1.99. The Morgan fingerprint density at radius 3 is 2.79 bits per heavy atom. The summed E-state index contributed by atoms with van der Waals surface area (Å²) in [7, 11) is 1.31. The van der Waals surface area contributed by atoms with E-state index in [4.69, 9.17) is 10.3 Å². The quantitative estimate of drug-likeness (QED) is 0.0861. The molecule has 0 aliphatic carbocycles. The lowest BCUT2D eigenvalue weighted by atomic mass is 10.0. The summed E-state index contributed by atoms with van der Waals surface area (Å²) in [6, 6.07) is -1.34. The number of ether oxygens (including phenoxy) is 1. The molecule has 10 heteroatoms. The Morgan fingerprint density at radius 1 is 1.38 bits per heavy atom. The van der Waals surface area contributed by atoms with Gasteiger partial charge in [0, 0.05) is 53.4 Å². The van der Waals surface area contributed by atoms with Crippen LogP contribution in [0.1, 0.15) is 51.9 Å². The molecule has 160 valence electrons. The van der Waals surface area contributed by atoms with Gasteiger partial charge in [-0.15, -0.1) is 0 Å². The average Bonchev–Trinajstić information content (AvgIpc) is 3.13. The van der Waals surface area contributed by atoms with Crippen molar-refractivity contribution in [3.63, 3.8) is 0 Å². The number of nitrogens with one attached hydrogen (secondary N) is 1. The number of hydrogen-bond acceptors (Lipinski definition) is 5. The van der Waals surface area contributed by atoms with E-state index >= 15 is 0 Å². The van der Waals surface area contributed by atoms with Gasteiger partial charge in [-0.25, -0.2) is 4.79 Å². The fourth-order valence-corrected chi connectivity index (χ4v) is 3.64. The average molecular weight is 517 g/mol. The van der Waals surface area contributed by atoms with E-state index in [0.29, 0.717) is 32.4 Å². The second kappa shape index (κ2) is 14.1. The SMILES string of the molecule is COC(=O)[C@@H]1C[C@@H](CCC#CI)CN1C(=O)[C@H](C)NC(=O)CCCCCN=[N+]=[N-]. The number of nitrogens with zero attached hydrogens (tertiary/aromatic N) is 4. The molecule has 0 aromatic carbocycles. The molecule has 29 heavy (non-hydrogen) atoms. The zero-order valence-electron chi connectivity index (χ0n) is 16.9. The third kappa shape index (κ3) is 8.92. The maximum atomic E-state index is 12.9. The number of amides is 2. The smallest absolute Gasteiger partial charge is 0.328 e. The summed E-state index contributed by atoms with van der Waals surface area (Å²) < 4.78 is 7.68. The number of azide groups is 1. The first-order valence-electron chi connectivity index (χ1n) is 9.71. The summed E-state index contributed by atoms with van der Waals surface area (Å²) in [5.41, 5.74) is 8.21. The van der Waals surface area contributed by atoms with Gasteiger partial charge in [0.1, 0.15) is 12.1 Å². The molecular formula is C19H28IN5O4. The highest BCUT2D eigenvalue weighted by atomic mass is 127. The number of methoxy groups -OCH3 is 1. The zero-order valence-corrected chi connectivity index (χ0v) is 19.1. The van der Waals surface area contributed by atoms with Gasteiger partial charge in [0.25, 0.3) is 0 Å². The fourth-order valence-electron chi connectivity index (χ4n) is 3.37. The summed E-state index contributed by atoms with van der Waals surface area (Å²) in [4.78, 5) is 41.3. The van der Waals surface area contributed by atoms with Crippen LogP contribution in [0.4, 0.5) is 0 Å². The van der Waals surface area contributed by atoms with Crippen LogP contribution in [0.2, 0.25) is 0 Å². The molecule has 0 bridgehead atoms. The van der Waals surface area contributed by atoms with Gasteiger partial charge in [-0.1, -0.05) is 17.5 Å². The lowest BCUT2D eigenvalue weighted by Crippen LogP contribution is -2.50. The monoisotopic (exact) mass is 517 g/mol. The maximum absolute atomic E-state index is 12.9. The molecule has 1 rings (SSSR count). The second-order valence-corrected chi connectivity index (χ2v) is 7.53. The molecule has 3 atom stereocenters. The van der Waals surface area contributed by atoms with Crippen LogP contribution < -0.4 is 5.32 Å². The molecule has 1 aliphatic heterocycles. The lowest BCUT2D eigenvalue weighted by Gasteiger charge is -2.26. The third-order valence-corrected chi connectivity index (χ3v) is 5.24. The molecule has 0 radical (unpaired) electrons. The number of carbonyl (C=O) groups is 3. The molecule has 1 fully saturated rings. The van der Waals surface area contributed by atoms with Gasteiger partial charge in [0.2, 0.25) is 11.8 Å². The van der Waals surface area contributed by atoms with Crippen molar-refractivity contribution in [2.45, 2.75) is 64.0 Å². The van der Waals surface area contributed by atoms with Crippen molar-refractivity contribution in [3.8, 4) is 9.85 Å². The number of rotatable bonds is 11. The van der Waals surface area contributed by atoms with Crippen LogP contribution in [0.3, 0.4) is 0 Å². The van der Waals surface area contributed by atoms with E-state index < -0.39 is 18.1 Å². The van der Waals surface area contributed by atoms with Crippen LogP contribution in [0, 0.1) is 15.8 Å². The van der Waals surface area contributed by atoms with Crippen molar-refractivity contribution in [1.29, 1.82) is 0 Å². The molecule has 0 saturated carbocycles. The maximum Gasteiger partial charge on any atom is 0.328 e. The summed E-state index contributed by atoms with van der Waals surface area (Å²) >= 11 is 1.99. The molecule has 0 spiro atoms. The highest BCUT2D eigenvalue weighted by Gasteiger charge is 2.41. The number of halogens is 1. The minimum atomic E-state index is -0.717. The van der Waals surface area contributed by atoms with E-state index in [1.165, 1.54) is 12.0 Å². The first-order chi connectivity index (χ1) is 13.9. The van der Waals surface area contributed by atoms with Gasteiger partial charge in [-0.3, -0.25) is 9.59 Å². The minimum absolute atomic E-state index is 0.180. The van der Waals surface area contributed by atoms with E-state index in [2.05, 4.69) is 25.2 Å². The summed E-state index contributed by atoms with van der Waals surface area (Å²) in [6.07, 6.45) is 4.53. The van der Waals surface area contributed by atoms with E-state index in [0.717, 1.165) is 25.7 Å². The molecule has 1 aliphatic rings. The van der Waals surface area contributed by atoms with Crippen molar-refractivity contribution in [1.82, 2.24) is 10.2 Å². The van der Waals surface area contributed by atoms with Crippen LogP contribution in [-0.4, -0.2) is 55.0 Å². The predicted molar refractivity (Wildman–Crippen MR) is 117 cm³/mol. The summed E-state index contributed by atoms with van der Waals surface area (Å²) in [5, 5.41) is 6.16. The summed E-state index contributed by atoms with van der Waals surface area (Å²) in [5.74, 6) is 2.26. The van der Waals surface area contributed by atoms with Crippen molar-refractivity contribution in [2.24, 2.45) is 11.0 Å². The van der Waals surface area contributed by atoms with Crippen molar-refractivity contribution in [2.75, 3.05) is 20.2 Å². The first kappa shape index (κ1) is 25.0. The van der Waals surface area contributed by atoms with Gasteiger partial charge < -0.3 is 15.0 Å².